The number of aromatic nitrogens is 3. The van der Waals surface area contributed by atoms with Gasteiger partial charge in [-0.05, 0) is 39.2 Å². The van der Waals surface area contributed by atoms with Gasteiger partial charge in [0.15, 0.2) is 0 Å². The number of rotatable bonds is 5. The molecule has 0 spiro atoms. The lowest BCUT2D eigenvalue weighted by Crippen LogP contribution is -2.48. The molecule has 2 amide bonds. The number of H-pyrrole nitrogens is 1. The predicted molar refractivity (Wildman–Crippen MR) is 95.4 cm³/mol. The van der Waals surface area contributed by atoms with Crippen LogP contribution in [0.25, 0.3) is 0 Å². The van der Waals surface area contributed by atoms with E-state index in [4.69, 9.17) is 5.73 Å². The smallest absolute Gasteiger partial charge is 0.343 e. The van der Waals surface area contributed by atoms with Crippen molar-refractivity contribution in [1.29, 1.82) is 0 Å². The van der Waals surface area contributed by atoms with E-state index in [9.17, 15) is 14.4 Å². The SMILES string of the molecule is CCn1c(C2CCN(C(=O)[C@@H]3CCCN(CC(N)=O)C3)CC2)n[nH]c1=O. The Labute approximate surface area is 152 Å². The molecule has 2 fully saturated rings. The highest BCUT2D eigenvalue weighted by molar-refractivity contribution is 5.80. The number of nitrogens with one attached hydrogen (secondary N) is 1. The highest BCUT2D eigenvalue weighted by Crippen LogP contribution is 2.28. The van der Waals surface area contributed by atoms with Gasteiger partial charge in [0, 0.05) is 32.1 Å². The van der Waals surface area contributed by atoms with Crippen LogP contribution in [0.15, 0.2) is 4.79 Å². The summed E-state index contributed by atoms with van der Waals surface area (Å²) in [6, 6.07) is 0. The molecule has 0 radical (unpaired) electrons. The third-order valence-corrected chi connectivity index (χ3v) is 5.51. The van der Waals surface area contributed by atoms with Crippen LogP contribution in [-0.2, 0) is 16.1 Å². The van der Waals surface area contributed by atoms with Crippen LogP contribution in [-0.4, -0.2) is 69.1 Å². The molecule has 1 aromatic rings. The highest BCUT2D eigenvalue weighted by Gasteiger charge is 2.33. The number of carbonyl (C=O) groups is 2. The zero-order chi connectivity index (χ0) is 18.7. The normalized spacial score (nSPS) is 22.5. The Hall–Kier alpha value is -2.16. The molecular weight excluding hydrogens is 336 g/mol. The van der Waals surface area contributed by atoms with Crippen LogP contribution in [0.5, 0.6) is 0 Å². The van der Waals surface area contributed by atoms with Crippen molar-refractivity contribution in [3.63, 3.8) is 0 Å². The Bertz CT molecular complexity index is 704. The van der Waals surface area contributed by atoms with Crippen molar-refractivity contribution in [1.82, 2.24) is 24.6 Å². The molecule has 0 unspecified atom stereocenters. The number of primary amides is 1. The zero-order valence-electron chi connectivity index (χ0n) is 15.3. The average molecular weight is 364 g/mol. The van der Waals surface area contributed by atoms with Gasteiger partial charge in [-0.15, -0.1) is 0 Å². The number of hydrogen-bond acceptors (Lipinski definition) is 5. The van der Waals surface area contributed by atoms with Gasteiger partial charge in [-0.25, -0.2) is 9.89 Å². The lowest BCUT2D eigenvalue weighted by atomic mass is 9.92. The minimum atomic E-state index is -0.347. The van der Waals surface area contributed by atoms with Crippen molar-refractivity contribution in [3.05, 3.63) is 16.3 Å². The number of piperidine rings is 2. The number of carbonyl (C=O) groups excluding carboxylic acids is 2. The minimum absolute atomic E-state index is 0.0566. The largest absolute Gasteiger partial charge is 0.369 e. The van der Waals surface area contributed by atoms with Crippen molar-refractivity contribution in [3.8, 4) is 0 Å². The maximum absolute atomic E-state index is 12.9. The van der Waals surface area contributed by atoms with Crippen LogP contribution in [0.4, 0.5) is 0 Å². The van der Waals surface area contributed by atoms with E-state index in [1.54, 1.807) is 4.57 Å². The van der Waals surface area contributed by atoms with Crippen molar-refractivity contribution in [2.75, 3.05) is 32.7 Å². The van der Waals surface area contributed by atoms with E-state index >= 15 is 0 Å². The monoisotopic (exact) mass is 364 g/mol. The maximum atomic E-state index is 12.9. The first-order chi connectivity index (χ1) is 12.5. The Morgan fingerprint density at radius 1 is 1.23 bits per heavy atom. The van der Waals surface area contributed by atoms with Gasteiger partial charge in [0.05, 0.1) is 12.5 Å². The van der Waals surface area contributed by atoms with Crippen LogP contribution >= 0.6 is 0 Å². The summed E-state index contributed by atoms with van der Waals surface area (Å²) in [4.78, 5) is 39.6. The molecule has 0 bridgehead atoms. The number of aromatic amines is 1. The Balaban J connectivity index is 1.56. The average Bonchev–Trinajstić information content (AvgIpc) is 3.01. The zero-order valence-corrected chi connectivity index (χ0v) is 15.3. The van der Waals surface area contributed by atoms with E-state index < -0.39 is 0 Å². The first-order valence-corrected chi connectivity index (χ1v) is 9.44. The second-order valence-electron chi connectivity index (χ2n) is 7.27. The van der Waals surface area contributed by atoms with Gasteiger partial charge in [0.25, 0.3) is 0 Å². The van der Waals surface area contributed by atoms with E-state index in [-0.39, 0.29) is 35.9 Å². The van der Waals surface area contributed by atoms with Crippen LogP contribution in [0.3, 0.4) is 0 Å². The Kier molecular flexibility index (Phi) is 5.75. The summed E-state index contributed by atoms with van der Waals surface area (Å²) in [5, 5.41) is 6.70. The van der Waals surface area contributed by atoms with Crippen LogP contribution in [0.2, 0.25) is 0 Å². The fourth-order valence-electron chi connectivity index (χ4n) is 4.18. The summed E-state index contributed by atoms with van der Waals surface area (Å²) in [5.41, 5.74) is 5.11. The summed E-state index contributed by atoms with van der Waals surface area (Å²) in [5.74, 6) is 0.775. The van der Waals surface area contributed by atoms with E-state index in [2.05, 4.69) is 10.2 Å². The Morgan fingerprint density at radius 3 is 2.62 bits per heavy atom. The molecule has 9 nitrogen and oxygen atoms in total. The van der Waals surface area contributed by atoms with E-state index in [1.807, 2.05) is 16.7 Å². The minimum Gasteiger partial charge on any atom is -0.369 e. The molecule has 1 aromatic heterocycles. The van der Waals surface area contributed by atoms with Gasteiger partial charge in [-0.1, -0.05) is 0 Å². The topological polar surface area (TPSA) is 117 Å². The summed E-state index contributed by atoms with van der Waals surface area (Å²) >= 11 is 0. The van der Waals surface area contributed by atoms with Gasteiger partial charge in [0.2, 0.25) is 11.8 Å². The third-order valence-electron chi connectivity index (χ3n) is 5.51. The fraction of sp³-hybridized carbons (Fsp3) is 0.765. The molecule has 0 aromatic carbocycles. The lowest BCUT2D eigenvalue weighted by Gasteiger charge is -2.37. The number of likely N-dealkylation sites (tertiary alicyclic amines) is 2. The quantitative estimate of drug-likeness (QED) is 0.730. The first kappa shape index (κ1) is 18.6. The maximum Gasteiger partial charge on any atom is 0.343 e. The number of nitrogens with two attached hydrogens (primary N) is 1. The number of amides is 2. The van der Waals surface area contributed by atoms with Gasteiger partial charge in [-0.3, -0.25) is 19.1 Å². The summed E-state index contributed by atoms with van der Waals surface area (Å²) < 4.78 is 1.67. The lowest BCUT2D eigenvalue weighted by molar-refractivity contribution is -0.139. The van der Waals surface area contributed by atoms with Gasteiger partial charge < -0.3 is 10.6 Å². The predicted octanol–water partition coefficient (Wildman–Crippen LogP) is -0.505. The molecule has 9 heteroatoms. The molecule has 3 N–H and O–H groups in total. The fourth-order valence-corrected chi connectivity index (χ4v) is 4.18. The van der Waals surface area contributed by atoms with Gasteiger partial charge in [0.1, 0.15) is 5.82 Å². The van der Waals surface area contributed by atoms with Crippen molar-refractivity contribution < 1.29 is 9.59 Å². The third kappa shape index (κ3) is 3.98. The summed E-state index contributed by atoms with van der Waals surface area (Å²) in [6.07, 6.45) is 3.40. The molecular formula is C17H28N6O3. The number of nitrogens with zero attached hydrogens (tertiary/aromatic N) is 4. The summed E-state index contributed by atoms with van der Waals surface area (Å²) in [7, 11) is 0. The van der Waals surface area contributed by atoms with E-state index in [1.165, 1.54) is 0 Å². The Morgan fingerprint density at radius 2 is 1.96 bits per heavy atom. The summed E-state index contributed by atoms with van der Waals surface area (Å²) in [6.45, 7) is 5.54. The first-order valence-electron chi connectivity index (χ1n) is 9.44. The molecule has 3 heterocycles. The molecule has 3 rings (SSSR count). The molecule has 144 valence electrons. The van der Waals surface area contributed by atoms with Crippen LogP contribution in [0, 0.1) is 5.92 Å². The van der Waals surface area contributed by atoms with Gasteiger partial charge in [-0.2, -0.15) is 5.10 Å². The molecule has 2 aliphatic heterocycles. The second kappa shape index (κ2) is 8.03. The molecule has 26 heavy (non-hydrogen) atoms. The molecule has 0 saturated carbocycles. The second-order valence-corrected chi connectivity index (χ2v) is 7.27. The molecule has 0 aliphatic carbocycles. The number of hydrogen-bond donors (Lipinski definition) is 2. The standard InChI is InChI=1S/C17H28N6O3/c1-2-23-15(19-20-17(23)26)12-5-8-22(9-6-12)16(25)13-4-3-7-21(10-13)11-14(18)24/h12-13H,2-11H2,1H3,(H2,18,24)(H,20,26)/t13-/m1/s1. The highest BCUT2D eigenvalue weighted by atomic mass is 16.2. The molecule has 2 aliphatic rings. The van der Waals surface area contributed by atoms with Crippen LogP contribution in [0.1, 0.15) is 44.3 Å². The van der Waals surface area contributed by atoms with E-state index in [0.29, 0.717) is 26.2 Å². The molecule has 2 saturated heterocycles. The van der Waals surface area contributed by atoms with E-state index in [0.717, 1.165) is 38.1 Å². The van der Waals surface area contributed by atoms with Crippen molar-refractivity contribution in [2.24, 2.45) is 11.7 Å². The molecule has 1 atom stereocenters. The van der Waals surface area contributed by atoms with Crippen molar-refractivity contribution in [2.45, 2.75) is 45.1 Å². The van der Waals surface area contributed by atoms with Crippen LogP contribution < -0.4 is 11.4 Å². The van der Waals surface area contributed by atoms with Gasteiger partial charge >= 0.3 is 5.69 Å². The van der Waals surface area contributed by atoms with Crippen molar-refractivity contribution >= 4 is 11.8 Å².